The first-order valence-corrected chi connectivity index (χ1v) is 5.61. The molecule has 1 rings (SSSR count). The van der Waals surface area contributed by atoms with Gasteiger partial charge in [0.1, 0.15) is 0 Å². The van der Waals surface area contributed by atoms with Gasteiger partial charge in [0.2, 0.25) is 0 Å². The van der Waals surface area contributed by atoms with Crippen molar-refractivity contribution >= 4 is 11.6 Å². The molecule has 0 aliphatic heterocycles. The van der Waals surface area contributed by atoms with Gasteiger partial charge in [-0.2, -0.15) is 0 Å². The third-order valence-electron chi connectivity index (χ3n) is 2.63. The molecule has 1 atom stereocenters. The Balaban J connectivity index is 1.86. The van der Waals surface area contributed by atoms with Crippen LogP contribution in [-0.2, 0) is 0 Å². The van der Waals surface area contributed by atoms with Gasteiger partial charge in [-0.05, 0) is 31.7 Å². The third kappa shape index (κ3) is 3.77. The molecule has 0 aromatic carbocycles. The van der Waals surface area contributed by atoms with Gasteiger partial charge in [-0.1, -0.05) is 19.8 Å². The van der Waals surface area contributed by atoms with Gasteiger partial charge >= 0.3 is 0 Å². The first-order chi connectivity index (χ1) is 5.83. The molecule has 1 N–H and O–H groups in total. The Bertz CT molecular complexity index is 112. The van der Waals surface area contributed by atoms with Crippen molar-refractivity contribution < 1.29 is 0 Å². The van der Waals surface area contributed by atoms with E-state index >= 15 is 0 Å². The van der Waals surface area contributed by atoms with E-state index in [0.29, 0.717) is 5.38 Å². The molecule has 1 fully saturated rings. The minimum Gasteiger partial charge on any atom is -0.315 e. The quantitative estimate of drug-likeness (QED) is 0.634. The minimum absolute atomic E-state index is 0.343. The Morgan fingerprint density at radius 2 is 2.25 bits per heavy atom. The largest absolute Gasteiger partial charge is 0.315 e. The molecule has 0 bridgehead atoms. The minimum atomic E-state index is 0.343. The van der Waals surface area contributed by atoms with Crippen LogP contribution >= 0.6 is 11.6 Å². The summed E-state index contributed by atoms with van der Waals surface area (Å²) >= 11 is 6.06. The molecular formula is C10H20ClN. The van der Waals surface area contributed by atoms with E-state index in [4.69, 9.17) is 11.6 Å². The fraction of sp³-hybridized carbons (Fsp3) is 1.00. The maximum Gasteiger partial charge on any atom is 0.0460 e. The van der Waals surface area contributed by atoms with Crippen molar-refractivity contribution in [2.75, 3.05) is 13.1 Å². The Kier molecular flexibility index (Phi) is 5.01. The van der Waals surface area contributed by atoms with Gasteiger partial charge in [0.05, 0.1) is 0 Å². The summed E-state index contributed by atoms with van der Waals surface area (Å²) in [6.45, 7) is 4.36. The average Bonchev–Trinajstić information content (AvgIpc) is 1.95. The standard InChI is InChI=1S/C10H20ClN/c1-2-4-10(11)8-12-7-9-5-3-6-9/h9-10,12H,2-8H2,1H3. The molecule has 0 amide bonds. The Morgan fingerprint density at radius 3 is 2.75 bits per heavy atom. The molecule has 0 spiro atoms. The number of alkyl halides is 1. The van der Waals surface area contributed by atoms with Crippen LogP contribution in [0.2, 0.25) is 0 Å². The van der Waals surface area contributed by atoms with Gasteiger partial charge in [0, 0.05) is 11.9 Å². The molecule has 1 aliphatic rings. The van der Waals surface area contributed by atoms with E-state index in [1.165, 1.54) is 32.2 Å². The van der Waals surface area contributed by atoms with Crippen molar-refractivity contribution in [3.63, 3.8) is 0 Å². The van der Waals surface area contributed by atoms with Crippen LogP contribution in [0.5, 0.6) is 0 Å². The Hall–Kier alpha value is 0.250. The summed E-state index contributed by atoms with van der Waals surface area (Å²) in [4.78, 5) is 0. The fourth-order valence-electron chi connectivity index (χ4n) is 1.56. The lowest BCUT2D eigenvalue weighted by Gasteiger charge is -2.25. The second-order valence-corrected chi connectivity index (χ2v) is 4.46. The average molecular weight is 190 g/mol. The van der Waals surface area contributed by atoms with Gasteiger partial charge < -0.3 is 5.32 Å². The zero-order chi connectivity index (χ0) is 8.81. The van der Waals surface area contributed by atoms with Crippen LogP contribution in [0, 0.1) is 5.92 Å². The number of rotatable bonds is 6. The summed E-state index contributed by atoms with van der Waals surface area (Å²) in [7, 11) is 0. The molecule has 1 aliphatic carbocycles. The van der Waals surface area contributed by atoms with Crippen LogP contribution in [0.15, 0.2) is 0 Å². The van der Waals surface area contributed by atoms with Crippen LogP contribution < -0.4 is 5.32 Å². The molecule has 72 valence electrons. The molecule has 0 saturated heterocycles. The van der Waals surface area contributed by atoms with Crippen LogP contribution in [0.1, 0.15) is 39.0 Å². The van der Waals surface area contributed by atoms with E-state index in [2.05, 4.69) is 12.2 Å². The lowest BCUT2D eigenvalue weighted by Crippen LogP contribution is -2.31. The van der Waals surface area contributed by atoms with E-state index < -0.39 is 0 Å². The second-order valence-electron chi connectivity index (χ2n) is 3.84. The fourth-order valence-corrected chi connectivity index (χ4v) is 1.88. The number of hydrogen-bond donors (Lipinski definition) is 1. The van der Waals surface area contributed by atoms with E-state index in [1.807, 2.05) is 0 Å². The normalized spacial score (nSPS) is 20.5. The Morgan fingerprint density at radius 1 is 1.50 bits per heavy atom. The van der Waals surface area contributed by atoms with Crippen molar-refractivity contribution in [2.24, 2.45) is 5.92 Å². The molecule has 2 heteroatoms. The smallest absolute Gasteiger partial charge is 0.0460 e. The van der Waals surface area contributed by atoms with Crippen molar-refractivity contribution in [3.05, 3.63) is 0 Å². The number of hydrogen-bond acceptors (Lipinski definition) is 1. The maximum absolute atomic E-state index is 6.06. The maximum atomic E-state index is 6.06. The molecule has 0 aromatic heterocycles. The summed E-state index contributed by atoms with van der Waals surface area (Å²) < 4.78 is 0. The lowest BCUT2D eigenvalue weighted by molar-refractivity contribution is 0.301. The third-order valence-corrected chi connectivity index (χ3v) is 3.00. The number of nitrogens with one attached hydrogen (secondary N) is 1. The summed E-state index contributed by atoms with van der Waals surface area (Å²) in [5.41, 5.74) is 0. The first kappa shape index (κ1) is 10.3. The SMILES string of the molecule is CCCC(Cl)CNCC1CCC1. The van der Waals surface area contributed by atoms with E-state index in [-0.39, 0.29) is 0 Å². The van der Waals surface area contributed by atoms with Gasteiger partial charge in [-0.15, -0.1) is 11.6 Å². The zero-order valence-electron chi connectivity index (χ0n) is 7.98. The molecule has 1 saturated carbocycles. The molecule has 12 heavy (non-hydrogen) atoms. The Labute approximate surface area is 80.9 Å². The molecule has 0 radical (unpaired) electrons. The van der Waals surface area contributed by atoms with Gasteiger partial charge in [0.25, 0.3) is 0 Å². The highest BCUT2D eigenvalue weighted by Crippen LogP contribution is 2.25. The molecule has 0 heterocycles. The van der Waals surface area contributed by atoms with Crippen LogP contribution in [0.3, 0.4) is 0 Å². The summed E-state index contributed by atoms with van der Waals surface area (Å²) in [6.07, 6.45) is 6.62. The van der Waals surface area contributed by atoms with E-state index in [9.17, 15) is 0 Å². The highest BCUT2D eigenvalue weighted by atomic mass is 35.5. The zero-order valence-corrected chi connectivity index (χ0v) is 8.74. The van der Waals surface area contributed by atoms with Gasteiger partial charge in [-0.25, -0.2) is 0 Å². The van der Waals surface area contributed by atoms with Crippen molar-refractivity contribution in [1.82, 2.24) is 5.32 Å². The molecular weight excluding hydrogens is 170 g/mol. The highest BCUT2D eigenvalue weighted by Gasteiger charge is 2.16. The van der Waals surface area contributed by atoms with Crippen molar-refractivity contribution in [3.8, 4) is 0 Å². The first-order valence-electron chi connectivity index (χ1n) is 5.17. The van der Waals surface area contributed by atoms with Gasteiger partial charge in [0.15, 0.2) is 0 Å². The molecule has 0 aromatic rings. The van der Waals surface area contributed by atoms with E-state index in [1.54, 1.807) is 0 Å². The number of halogens is 1. The van der Waals surface area contributed by atoms with Crippen LogP contribution in [0.4, 0.5) is 0 Å². The summed E-state index contributed by atoms with van der Waals surface area (Å²) in [6, 6.07) is 0. The monoisotopic (exact) mass is 189 g/mol. The predicted octanol–water partition coefficient (Wildman–Crippen LogP) is 2.78. The highest BCUT2D eigenvalue weighted by molar-refractivity contribution is 6.20. The van der Waals surface area contributed by atoms with Crippen LogP contribution in [-0.4, -0.2) is 18.5 Å². The summed E-state index contributed by atoms with van der Waals surface area (Å²) in [5, 5.41) is 3.78. The molecule has 1 unspecified atom stereocenters. The van der Waals surface area contributed by atoms with E-state index in [0.717, 1.165) is 18.9 Å². The molecule has 1 nitrogen and oxygen atoms in total. The second kappa shape index (κ2) is 5.82. The van der Waals surface area contributed by atoms with Gasteiger partial charge in [-0.3, -0.25) is 0 Å². The summed E-state index contributed by atoms with van der Waals surface area (Å²) in [5.74, 6) is 0.954. The lowest BCUT2D eigenvalue weighted by atomic mass is 9.85. The topological polar surface area (TPSA) is 12.0 Å². The van der Waals surface area contributed by atoms with Crippen molar-refractivity contribution in [1.29, 1.82) is 0 Å². The van der Waals surface area contributed by atoms with Crippen molar-refractivity contribution in [2.45, 2.75) is 44.4 Å². The predicted molar refractivity (Wildman–Crippen MR) is 54.8 cm³/mol. The van der Waals surface area contributed by atoms with Crippen LogP contribution in [0.25, 0.3) is 0 Å².